The van der Waals surface area contributed by atoms with Crippen molar-refractivity contribution >= 4 is 6.29 Å². The van der Waals surface area contributed by atoms with Crippen LogP contribution < -0.4 is 0 Å². The molecule has 2 rings (SSSR count). The van der Waals surface area contributed by atoms with Gasteiger partial charge in [0.05, 0.1) is 6.04 Å². The van der Waals surface area contributed by atoms with Crippen molar-refractivity contribution in [2.75, 3.05) is 0 Å². The van der Waals surface area contributed by atoms with Gasteiger partial charge in [-0.05, 0) is 19.8 Å². The van der Waals surface area contributed by atoms with E-state index in [4.69, 9.17) is 0 Å². The van der Waals surface area contributed by atoms with Crippen LogP contribution in [0.5, 0.6) is 0 Å². The third kappa shape index (κ3) is 1.03. The fourth-order valence-corrected chi connectivity index (χ4v) is 1.63. The number of rotatable bonds is 1. The molecule has 1 aliphatic heterocycles. The Morgan fingerprint density at radius 1 is 1.67 bits per heavy atom. The van der Waals surface area contributed by atoms with Gasteiger partial charge in [-0.1, -0.05) is 0 Å². The van der Waals surface area contributed by atoms with Crippen LogP contribution in [-0.4, -0.2) is 21.1 Å². The van der Waals surface area contributed by atoms with Gasteiger partial charge in [-0.3, -0.25) is 4.79 Å². The summed E-state index contributed by atoms with van der Waals surface area (Å²) in [5.74, 6) is 1.27. The maximum absolute atomic E-state index is 10.4. The van der Waals surface area contributed by atoms with Gasteiger partial charge in [0.15, 0.2) is 6.29 Å². The van der Waals surface area contributed by atoms with E-state index in [0.717, 1.165) is 25.1 Å². The first kappa shape index (κ1) is 7.46. The summed E-state index contributed by atoms with van der Waals surface area (Å²) in [5.41, 5.74) is 0. The molecular formula is C8H11N3O. The largest absolute Gasteiger partial charge is 0.294 e. The van der Waals surface area contributed by atoms with E-state index in [-0.39, 0.29) is 0 Å². The molecule has 0 N–H and O–H groups in total. The van der Waals surface area contributed by atoms with Crippen molar-refractivity contribution in [3.63, 3.8) is 0 Å². The zero-order valence-corrected chi connectivity index (χ0v) is 7.03. The van der Waals surface area contributed by atoms with Crippen LogP contribution in [-0.2, 0) is 6.42 Å². The summed E-state index contributed by atoms with van der Waals surface area (Å²) in [6.45, 7) is 2.10. The van der Waals surface area contributed by atoms with Crippen LogP contribution in [0.25, 0.3) is 0 Å². The second kappa shape index (κ2) is 2.69. The number of aldehydes is 1. The highest BCUT2D eigenvalue weighted by Crippen LogP contribution is 2.21. The second-order valence-corrected chi connectivity index (χ2v) is 3.19. The molecule has 0 fully saturated rings. The SMILES string of the molecule is CC1CCCc2nc(C=O)nn21. The van der Waals surface area contributed by atoms with Crippen molar-refractivity contribution in [3.8, 4) is 0 Å². The van der Waals surface area contributed by atoms with Crippen molar-refractivity contribution in [2.24, 2.45) is 0 Å². The summed E-state index contributed by atoms with van der Waals surface area (Å²) in [6.07, 6.45) is 3.94. The van der Waals surface area contributed by atoms with Crippen molar-refractivity contribution in [3.05, 3.63) is 11.6 Å². The van der Waals surface area contributed by atoms with E-state index in [9.17, 15) is 4.79 Å². The standard InChI is InChI=1S/C8H11N3O/c1-6-3-2-4-8-9-7(5-12)10-11(6)8/h5-6H,2-4H2,1H3. The molecule has 2 heterocycles. The van der Waals surface area contributed by atoms with Gasteiger partial charge in [0.1, 0.15) is 5.82 Å². The van der Waals surface area contributed by atoms with Gasteiger partial charge in [-0.2, -0.15) is 0 Å². The molecule has 1 aromatic rings. The molecule has 1 unspecified atom stereocenters. The Kier molecular flexibility index (Phi) is 1.67. The highest BCUT2D eigenvalue weighted by molar-refractivity contribution is 5.68. The first-order valence-corrected chi connectivity index (χ1v) is 4.22. The van der Waals surface area contributed by atoms with Crippen LogP contribution in [0.15, 0.2) is 0 Å². The Hall–Kier alpha value is -1.19. The normalized spacial score (nSPS) is 21.9. The van der Waals surface area contributed by atoms with E-state index in [1.165, 1.54) is 0 Å². The van der Waals surface area contributed by atoms with Gasteiger partial charge in [0.25, 0.3) is 0 Å². The fraction of sp³-hybridized carbons (Fsp3) is 0.625. The third-order valence-corrected chi connectivity index (χ3v) is 2.26. The van der Waals surface area contributed by atoms with Crippen LogP contribution in [0, 0.1) is 0 Å². The average Bonchev–Trinajstić information content (AvgIpc) is 2.49. The number of hydrogen-bond donors (Lipinski definition) is 0. The van der Waals surface area contributed by atoms with E-state index < -0.39 is 0 Å². The van der Waals surface area contributed by atoms with Gasteiger partial charge < -0.3 is 0 Å². The first-order chi connectivity index (χ1) is 5.81. The lowest BCUT2D eigenvalue weighted by molar-refractivity contribution is 0.111. The van der Waals surface area contributed by atoms with E-state index in [0.29, 0.717) is 18.2 Å². The zero-order valence-electron chi connectivity index (χ0n) is 7.03. The molecule has 1 aliphatic rings. The Bertz CT molecular complexity index is 305. The van der Waals surface area contributed by atoms with Crippen molar-refractivity contribution in [2.45, 2.75) is 32.2 Å². The minimum atomic E-state index is 0.318. The molecule has 0 spiro atoms. The van der Waals surface area contributed by atoms with Gasteiger partial charge in [0, 0.05) is 6.42 Å². The molecule has 1 atom stereocenters. The molecule has 4 nitrogen and oxygen atoms in total. The lowest BCUT2D eigenvalue weighted by Gasteiger charge is -2.18. The Labute approximate surface area is 70.6 Å². The summed E-state index contributed by atoms with van der Waals surface area (Å²) in [7, 11) is 0. The predicted molar refractivity (Wildman–Crippen MR) is 43.1 cm³/mol. The third-order valence-electron chi connectivity index (χ3n) is 2.26. The lowest BCUT2D eigenvalue weighted by Crippen LogP contribution is -2.16. The summed E-state index contributed by atoms with van der Waals surface area (Å²) in [4.78, 5) is 14.5. The quantitative estimate of drug-likeness (QED) is 0.583. The maximum atomic E-state index is 10.4. The van der Waals surface area contributed by atoms with Crippen molar-refractivity contribution in [1.29, 1.82) is 0 Å². The van der Waals surface area contributed by atoms with E-state index in [1.807, 2.05) is 4.68 Å². The summed E-state index contributed by atoms with van der Waals surface area (Å²) in [6, 6.07) is 0.398. The highest BCUT2D eigenvalue weighted by atomic mass is 16.1. The molecule has 1 aromatic heterocycles. The number of aromatic nitrogens is 3. The van der Waals surface area contributed by atoms with Crippen LogP contribution >= 0.6 is 0 Å². The van der Waals surface area contributed by atoms with Crippen LogP contribution in [0.4, 0.5) is 0 Å². The molecule has 0 radical (unpaired) electrons. The molecule has 0 saturated heterocycles. The number of carbonyl (C=O) groups is 1. The maximum Gasteiger partial charge on any atom is 0.214 e. The minimum absolute atomic E-state index is 0.318. The number of fused-ring (bicyclic) bond motifs is 1. The molecule has 64 valence electrons. The van der Waals surface area contributed by atoms with Gasteiger partial charge >= 0.3 is 0 Å². The van der Waals surface area contributed by atoms with E-state index in [1.54, 1.807) is 0 Å². The van der Waals surface area contributed by atoms with E-state index >= 15 is 0 Å². The number of hydrogen-bond acceptors (Lipinski definition) is 3. The Morgan fingerprint density at radius 3 is 3.17 bits per heavy atom. The molecule has 0 aromatic carbocycles. The summed E-state index contributed by atoms with van der Waals surface area (Å²) >= 11 is 0. The second-order valence-electron chi connectivity index (χ2n) is 3.19. The first-order valence-electron chi connectivity index (χ1n) is 4.22. The van der Waals surface area contributed by atoms with Crippen molar-refractivity contribution < 1.29 is 4.79 Å². The molecule has 0 bridgehead atoms. The van der Waals surface area contributed by atoms with E-state index in [2.05, 4.69) is 17.0 Å². The molecule has 0 saturated carbocycles. The molecule has 4 heteroatoms. The van der Waals surface area contributed by atoms with Gasteiger partial charge in [0.2, 0.25) is 5.82 Å². The number of aryl methyl sites for hydroxylation is 1. The van der Waals surface area contributed by atoms with Gasteiger partial charge in [-0.15, -0.1) is 5.10 Å². The lowest BCUT2D eigenvalue weighted by atomic mass is 10.1. The molecule has 0 amide bonds. The van der Waals surface area contributed by atoms with Crippen LogP contribution in [0.2, 0.25) is 0 Å². The minimum Gasteiger partial charge on any atom is -0.294 e. The Morgan fingerprint density at radius 2 is 2.50 bits per heavy atom. The summed E-state index contributed by atoms with van der Waals surface area (Å²) in [5, 5.41) is 4.09. The highest BCUT2D eigenvalue weighted by Gasteiger charge is 2.18. The van der Waals surface area contributed by atoms with Gasteiger partial charge in [-0.25, -0.2) is 9.67 Å². The molecule has 0 aliphatic carbocycles. The molecule has 12 heavy (non-hydrogen) atoms. The zero-order chi connectivity index (χ0) is 8.55. The topological polar surface area (TPSA) is 47.8 Å². The number of carbonyl (C=O) groups excluding carboxylic acids is 1. The predicted octanol–water partition coefficient (Wildman–Crippen LogP) is 0.988. The van der Waals surface area contributed by atoms with Crippen LogP contribution in [0.3, 0.4) is 0 Å². The van der Waals surface area contributed by atoms with Crippen molar-refractivity contribution in [1.82, 2.24) is 14.8 Å². The molecular weight excluding hydrogens is 154 g/mol. The Balaban J connectivity index is 2.43. The average molecular weight is 165 g/mol. The van der Waals surface area contributed by atoms with Crippen LogP contribution in [0.1, 0.15) is 42.3 Å². The smallest absolute Gasteiger partial charge is 0.214 e. The number of nitrogens with zero attached hydrogens (tertiary/aromatic N) is 3. The fourth-order valence-electron chi connectivity index (χ4n) is 1.63. The monoisotopic (exact) mass is 165 g/mol. The summed E-state index contributed by atoms with van der Waals surface area (Å²) < 4.78 is 1.87.